The molecule has 3 heterocycles. The number of anilines is 1. The molecule has 2 aromatic heterocycles. The van der Waals surface area contributed by atoms with Crippen LogP contribution in [0.2, 0.25) is 0 Å². The summed E-state index contributed by atoms with van der Waals surface area (Å²) in [7, 11) is 4.12. The van der Waals surface area contributed by atoms with E-state index >= 15 is 0 Å². The Hall–Kier alpha value is -1.88. The van der Waals surface area contributed by atoms with Gasteiger partial charge in [0.1, 0.15) is 11.6 Å². The lowest BCUT2D eigenvalue weighted by atomic mass is 10.1. The second kappa shape index (κ2) is 5.85. The van der Waals surface area contributed by atoms with E-state index in [4.69, 9.17) is 0 Å². The van der Waals surface area contributed by atoms with Crippen LogP contribution in [0.4, 0.5) is 5.82 Å². The summed E-state index contributed by atoms with van der Waals surface area (Å²) in [6.07, 6.45) is 4.00. The molecule has 0 saturated carbocycles. The minimum atomic E-state index is 0.871. The highest BCUT2D eigenvalue weighted by Crippen LogP contribution is 2.23. The first-order valence-corrected chi connectivity index (χ1v) is 7.52. The molecule has 5 heteroatoms. The number of aryl methyl sites for hydroxylation is 1. The van der Waals surface area contributed by atoms with E-state index in [9.17, 15) is 0 Å². The third-order valence-corrected chi connectivity index (χ3v) is 4.01. The molecule has 0 atom stereocenters. The van der Waals surface area contributed by atoms with Crippen LogP contribution in [-0.4, -0.2) is 47.0 Å². The van der Waals surface area contributed by atoms with Crippen molar-refractivity contribution in [1.29, 1.82) is 0 Å². The molecule has 21 heavy (non-hydrogen) atoms. The number of nitrogens with one attached hydrogen (secondary N) is 1. The van der Waals surface area contributed by atoms with Crippen molar-refractivity contribution in [1.82, 2.24) is 19.9 Å². The topological polar surface area (TPSA) is 48.1 Å². The zero-order valence-electron chi connectivity index (χ0n) is 13.1. The second-order valence-electron chi connectivity index (χ2n) is 5.89. The van der Waals surface area contributed by atoms with Gasteiger partial charge in [-0.25, -0.2) is 9.97 Å². The molecule has 0 spiro atoms. The van der Waals surface area contributed by atoms with Crippen molar-refractivity contribution in [2.24, 2.45) is 0 Å². The van der Waals surface area contributed by atoms with E-state index in [1.54, 1.807) is 0 Å². The Balaban J connectivity index is 1.80. The van der Waals surface area contributed by atoms with Crippen molar-refractivity contribution in [3.05, 3.63) is 41.1 Å². The minimum Gasteiger partial charge on any atom is -0.364 e. The molecule has 2 aromatic rings. The maximum absolute atomic E-state index is 4.68. The molecule has 1 aliphatic heterocycles. The van der Waals surface area contributed by atoms with Crippen LogP contribution in [0.3, 0.4) is 0 Å². The van der Waals surface area contributed by atoms with Gasteiger partial charge in [-0.05, 0) is 25.5 Å². The summed E-state index contributed by atoms with van der Waals surface area (Å²) in [5.74, 6) is 1.95. The maximum atomic E-state index is 4.68. The molecule has 0 saturated heterocycles. The fraction of sp³-hybridized carbons (Fsp3) is 0.500. The molecule has 5 nitrogen and oxygen atoms in total. The summed E-state index contributed by atoms with van der Waals surface area (Å²) in [4.78, 5) is 17.2. The first-order valence-electron chi connectivity index (χ1n) is 7.52. The van der Waals surface area contributed by atoms with Crippen LogP contribution in [0.25, 0.3) is 0 Å². The minimum absolute atomic E-state index is 0.871. The lowest BCUT2D eigenvalue weighted by Crippen LogP contribution is -2.26. The van der Waals surface area contributed by atoms with Crippen LogP contribution < -0.4 is 4.90 Å². The predicted molar refractivity (Wildman–Crippen MR) is 84.6 cm³/mol. The van der Waals surface area contributed by atoms with Gasteiger partial charge in [0.25, 0.3) is 0 Å². The summed E-state index contributed by atoms with van der Waals surface area (Å²) < 4.78 is 0. The van der Waals surface area contributed by atoms with Crippen LogP contribution in [0.15, 0.2) is 18.3 Å². The Kier molecular flexibility index (Phi) is 3.92. The van der Waals surface area contributed by atoms with E-state index in [2.05, 4.69) is 51.0 Å². The number of aromatic amines is 1. The van der Waals surface area contributed by atoms with Crippen molar-refractivity contribution >= 4 is 5.82 Å². The Morgan fingerprint density at radius 2 is 2.05 bits per heavy atom. The Morgan fingerprint density at radius 1 is 1.24 bits per heavy atom. The van der Waals surface area contributed by atoms with Crippen LogP contribution in [0.1, 0.15) is 22.8 Å². The highest BCUT2D eigenvalue weighted by Gasteiger charge is 2.20. The number of fused-ring (bicyclic) bond motifs is 1. The van der Waals surface area contributed by atoms with Gasteiger partial charge in [0.15, 0.2) is 0 Å². The summed E-state index contributed by atoms with van der Waals surface area (Å²) in [6, 6.07) is 4.20. The molecule has 1 N–H and O–H groups in total. The van der Waals surface area contributed by atoms with Gasteiger partial charge in [0.2, 0.25) is 0 Å². The van der Waals surface area contributed by atoms with Crippen molar-refractivity contribution in [3.8, 4) is 0 Å². The van der Waals surface area contributed by atoms with Crippen LogP contribution in [-0.2, 0) is 19.4 Å². The molecule has 0 fully saturated rings. The first-order chi connectivity index (χ1) is 10.1. The standard InChI is InChI=1S/C16H23N5/c1-12-18-15-7-10-21(11-13-5-4-8-17-13)9-6-14(15)16(19-12)20(2)3/h4-5,8,17H,6-7,9-11H2,1-3H3. The van der Waals surface area contributed by atoms with E-state index in [1.807, 2.05) is 13.1 Å². The molecule has 0 aliphatic carbocycles. The number of rotatable bonds is 3. The van der Waals surface area contributed by atoms with E-state index in [1.165, 1.54) is 17.0 Å². The fourth-order valence-corrected chi connectivity index (χ4v) is 2.98. The zero-order valence-corrected chi connectivity index (χ0v) is 13.1. The van der Waals surface area contributed by atoms with Crippen molar-refractivity contribution in [3.63, 3.8) is 0 Å². The number of aromatic nitrogens is 3. The molecular weight excluding hydrogens is 262 g/mol. The van der Waals surface area contributed by atoms with E-state index in [-0.39, 0.29) is 0 Å². The second-order valence-corrected chi connectivity index (χ2v) is 5.89. The van der Waals surface area contributed by atoms with Gasteiger partial charge >= 0.3 is 0 Å². The number of H-pyrrole nitrogens is 1. The van der Waals surface area contributed by atoms with Crippen molar-refractivity contribution < 1.29 is 0 Å². The van der Waals surface area contributed by atoms with E-state index in [0.717, 1.165) is 44.1 Å². The molecule has 112 valence electrons. The van der Waals surface area contributed by atoms with Crippen LogP contribution >= 0.6 is 0 Å². The van der Waals surface area contributed by atoms with Gasteiger partial charge in [-0.2, -0.15) is 0 Å². The van der Waals surface area contributed by atoms with Gasteiger partial charge in [-0.3, -0.25) is 4.90 Å². The van der Waals surface area contributed by atoms with E-state index < -0.39 is 0 Å². The highest BCUT2D eigenvalue weighted by atomic mass is 15.2. The lowest BCUT2D eigenvalue weighted by molar-refractivity contribution is 0.276. The quantitative estimate of drug-likeness (QED) is 0.934. The van der Waals surface area contributed by atoms with Gasteiger partial charge in [0.05, 0.1) is 5.69 Å². The maximum Gasteiger partial charge on any atom is 0.135 e. The number of nitrogens with zero attached hydrogens (tertiary/aromatic N) is 4. The molecule has 0 radical (unpaired) electrons. The largest absolute Gasteiger partial charge is 0.364 e. The SMILES string of the molecule is Cc1nc2c(c(N(C)C)n1)CCN(Cc1ccc[nH]1)CC2. The van der Waals surface area contributed by atoms with Gasteiger partial charge in [-0.1, -0.05) is 0 Å². The molecule has 0 bridgehead atoms. The lowest BCUT2D eigenvalue weighted by Gasteiger charge is -2.19. The summed E-state index contributed by atoms with van der Waals surface area (Å²) in [6.45, 7) is 5.06. The average molecular weight is 285 g/mol. The molecular formula is C16H23N5. The summed E-state index contributed by atoms with van der Waals surface area (Å²) in [5.41, 5.74) is 3.82. The molecule has 0 amide bonds. The zero-order chi connectivity index (χ0) is 14.8. The van der Waals surface area contributed by atoms with Crippen molar-refractivity contribution in [2.75, 3.05) is 32.1 Å². The van der Waals surface area contributed by atoms with Gasteiger partial charge < -0.3 is 9.88 Å². The summed E-state index contributed by atoms with van der Waals surface area (Å²) >= 11 is 0. The third-order valence-electron chi connectivity index (χ3n) is 4.01. The molecule has 1 aliphatic rings. The monoisotopic (exact) mass is 285 g/mol. The average Bonchev–Trinajstić information content (AvgIpc) is 2.87. The van der Waals surface area contributed by atoms with Gasteiger partial charge in [-0.15, -0.1) is 0 Å². The normalized spacial score (nSPS) is 15.6. The fourth-order valence-electron chi connectivity index (χ4n) is 2.98. The smallest absolute Gasteiger partial charge is 0.135 e. The van der Waals surface area contributed by atoms with Crippen LogP contribution in [0.5, 0.6) is 0 Å². The van der Waals surface area contributed by atoms with Crippen molar-refractivity contribution in [2.45, 2.75) is 26.3 Å². The van der Waals surface area contributed by atoms with E-state index in [0.29, 0.717) is 0 Å². The Bertz CT molecular complexity index is 603. The molecule has 3 rings (SSSR count). The van der Waals surface area contributed by atoms with Gasteiger partial charge in [0, 0.05) is 57.6 Å². The number of hydrogen-bond acceptors (Lipinski definition) is 4. The number of hydrogen-bond donors (Lipinski definition) is 1. The first kappa shape index (κ1) is 14.1. The Labute approximate surface area is 126 Å². The Morgan fingerprint density at radius 3 is 2.76 bits per heavy atom. The highest BCUT2D eigenvalue weighted by molar-refractivity contribution is 5.48. The van der Waals surface area contributed by atoms with Crippen LogP contribution in [0, 0.1) is 6.92 Å². The predicted octanol–water partition coefficient (Wildman–Crippen LogP) is 1.78. The third kappa shape index (κ3) is 3.08. The molecule has 0 aromatic carbocycles. The molecule has 0 unspecified atom stereocenters. The summed E-state index contributed by atoms with van der Waals surface area (Å²) in [5, 5.41) is 0.